The number of rotatable bonds is 6. The Kier molecular flexibility index (Phi) is 5.49. The van der Waals surface area contributed by atoms with Crippen molar-refractivity contribution < 1.29 is 9.53 Å². The van der Waals surface area contributed by atoms with E-state index in [0.717, 1.165) is 17.7 Å². The number of para-hydroxylation sites is 1. The van der Waals surface area contributed by atoms with Crippen molar-refractivity contribution in [2.45, 2.75) is 13.3 Å². The van der Waals surface area contributed by atoms with Crippen molar-refractivity contribution in [3.05, 3.63) is 29.8 Å². The van der Waals surface area contributed by atoms with Gasteiger partial charge in [0.25, 0.3) is 0 Å². The summed E-state index contributed by atoms with van der Waals surface area (Å²) in [6, 6.07) is 7.80. The fraction of sp³-hybridized carbons (Fsp3) is 0.462. The van der Waals surface area contributed by atoms with Gasteiger partial charge >= 0.3 is 0 Å². The van der Waals surface area contributed by atoms with Gasteiger partial charge < -0.3 is 15.8 Å². The highest BCUT2D eigenvalue weighted by atomic mass is 16.5. The van der Waals surface area contributed by atoms with Crippen LogP contribution in [0.4, 0.5) is 0 Å². The van der Waals surface area contributed by atoms with Crippen molar-refractivity contribution in [3.63, 3.8) is 0 Å². The van der Waals surface area contributed by atoms with E-state index in [1.54, 1.807) is 7.11 Å². The summed E-state index contributed by atoms with van der Waals surface area (Å²) < 4.78 is 5.24. The molecule has 0 fully saturated rings. The Morgan fingerprint density at radius 1 is 1.47 bits per heavy atom. The van der Waals surface area contributed by atoms with Crippen LogP contribution in [0.15, 0.2) is 24.3 Å². The fourth-order valence-corrected chi connectivity index (χ4v) is 1.51. The summed E-state index contributed by atoms with van der Waals surface area (Å²) in [5, 5.41) is 2.86. The van der Waals surface area contributed by atoms with Gasteiger partial charge in [0, 0.05) is 19.0 Å². The SMILES string of the molecule is COc1ccccc1CCNC(=O)C(C)CN. The zero-order valence-corrected chi connectivity index (χ0v) is 10.4. The normalized spacial score (nSPS) is 11.9. The minimum absolute atomic E-state index is 0.00222. The third-order valence-corrected chi connectivity index (χ3v) is 2.69. The van der Waals surface area contributed by atoms with Crippen LogP contribution in [0.3, 0.4) is 0 Å². The second-order valence-electron chi connectivity index (χ2n) is 3.99. The van der Waals surface area contributed by atoms with E-state index < -0.39 is 0 Å². The molecule has 1 unspecified atom stereocenters. The molecular formula is C13H20N2O2. The molecule has 4 nitrogen and oxygen atoms in total. The standard InChI is InChI=1S/C13H20N2O2/c1-10(9-14)13(16)15-8-7-11-5-3-4-6-12(11)17-2/h3-6,10H,7-9,14H2,1-2H3,(H,15,16). The molecular weight excluding hydrogens is 216 g/mol. The fourth-order valence-electron chi connectivity index (χ4n) is 1.51. The number of ether oxygens (including phenoxy) is 1. The van der Waals surface area contributed by atoms with Gasteiger partial charge in [0.15, 0.2) is 0 Å². The van der Waals surface area contributed by atoms with Crippen LogP contribution in [0.25, 0.3) is 0 Å². The molecule has 0 saturated heterocycles. The average Bonchev–Trinajstić information content (AvgIpc) is 2.38. The van der Waals surface area contributed by atoms with Gasteiger partial charge in [-0.25, -0.2) is 0 Å². The lowest BCUT2D eigenvalue weighted by atomic mass is 10.1. The summed E-state index contributed by atoms with van der Waals surface area (Å²) in [5.41, 5.74) is 6.51. The molecule has 0 heterocycles. The summed E-state index contributed by atoms with van der Waals surface area (Å²) in [5.74, 6) is 0.726. The number of carbonyl (C=O) groups excluding carboxylic acids is 1. The van der Waals surface area contributed by atoms with Crippen LogP contribution in [-0.4, -0.2) is 26.1 Å². The summed E-state index contributed by atoms with van der Waals surface area (Å²) in [6.07, 6.45) is 0.757. The van der Waals surface area contributed by atoms with Gasteiger partial charge in [0.2, 0.25) is 5.91 Å². The highest BCUT2D eigenvalue weighted by Crippen LogP contribution is 2.17. The van der Waals surface area contributed by atoms with Gasteiger partial charge in [-0.3, -0.25) is 4.79 Å². The molecule has 0 saturated carbocycles. The van der Waals surface area contributed by atoms with Gasteiger partial charge in [0.1, 0.15) is 5.75 Å². The third-order valence-electron chi connectivity index (χ3n) is 2.69. The first-order chi connectivity index (χ1) is 8.19. The van der Waals surface area contributed by atoms with E-state index in [1.807, 2.05) is 31.2 Å². The van der Waals surface area contributed by atoms with Gasteiger partial charge in [-0.15, -0.1) is 0 Å². The zero-order chi connectivity index (χ0) is 12.7. The Morgan fingerprint density at radius 2 is 2.18 bits per heavy atom. The molecule has 1 aromatic carbocycles. The lowest BCUT2D eigenvalue weighted by Gasteiger charge is -2.11. The molecule has 1 atom stereocenters. The van der Waals surface area contributed by atoms with E-state index in [4.69, 9.17) is 10.5 Å². The van der Waals surface area contributed by atoms with Crippen LogP contribution in [0.1, 0.15) is 12.5 Å². The van der Waals surface area contributed by atoms with Gasteiger partial charge in [-0.1, -0.05) is 25.1 Å². The number of carbonyl (C=O) groups is 1. The Morgan fingerprint density at radius 3 is 2.82 bits per heavy atom. The topological polar surface area (TPSA) is 64.3 Å². The number of amides is 1. The molecule has 0 aliphatic rings. The Labute approximate surface area is 102 Å². The Hall–Kier alpha value is -1.55. The Balaban J connectivity index is 2.43. The van der Waals surface area contributed by atoms with Crippen molar-refractivity contribution in [1.29, 1.82) is 0 Å². The molecule has 4 heteroatoms. The van der Waals surface area contributed by atoms with E-state index in [9.17, 15) is 4.79 Å². The number of benzene rings is 1. The predicted octanol–water partition coefficient (Wildman–Crippen LogP) is 0.949. The molecule has 94 valence electrons. The van der Waals surface area contributed by atoms with Crippen LogP contribution in [0, 0.1) is 5.92 Å². The minimum atomic E-state index is -0.132. The highest BCUT2D eigenvalue weighted by molar-refractivity contribution is 5.78. The van der Waals surface area contributed by atoms with Crippen LogP contribution < -0.4 is 15.8 Å². The molecule has 1 aromatic rings. The van der Waals surface area contributed by atoms with Crippen LogP contribution in [-0.2, 0) is 11.2 Å². The van der Waals surface area contributed by atoms with Crippen LogP contribution >= 0.6 is 0 Å². The maximum absolute atomic E-state index is 11.5. The lowest BCUT2D eigenvalue weighted by Crippen LogP contribution is -2.34. The highest BCUT2D eigenvalue weighted by Gasteiger charge is 2.09. The summed E-state index contributed by atoms with van der Waals surface area (Å²) in [6.45, 7) is 2.79. The average molecular weight is 236 g/mol. The molecule has 0 bridgehead atoms. The zero-order valence-electron chi connectivity index (χ0n) is 10.4. The lowest BCUT2D eigenvalue weighted by molar-refractivity contribution is -0.124. The van der Waals surface area contributed by atoms with Gasteiger partial charge in [-0.05, 0) is 18.1 Å². The summed E-state index contributed by atoms with van der Waals surface area (Å²) in [4.78, 5) is 11.5. The van der Waals surface area contributed by atoms with E-state index >= 15 is 0 Å². The first-order valence-electron chi connectivity index (χ1n) is 5.78. The monoisotopic (exact) mass is 236 g/mol. The van der Waals surface area contributed by atoms with Gasteiger partial charge in [-0.2, -0.15) is 0 Å². The molecule has 0 aromatic heterocycles. The van der Waals surface area contributed by atoms with Crippen molar-refractivity contribution in [3.8, 4) is 5.75 Å². The third kappa shape index (κ3) is 4.07. The quantitative estimate of drug-likeness (QED) is 0.773. The molecule has 0 aliphatic carbocycles. The van der Waals surface area contributed by atoms with Crippen LogP contribution in [0.5, 0.6) is 5.75 Å². The summed E-state index contributed by atoms with van der Waals surface area (Å²) >= 11 is 0. The summed E-state index contributed by atoms with van der Waals surface area (Å²) in [7, 11) is 1.65. The first-order valence-corrected chi connectivity index (χ1v) is 5.78. The second kappa shape index (κ2) is 6.91. The molecule has 1 amide bonds. The Bertz CT molecular complexity index is 366. The molecule has 17 heavy (non-hydrogen) atoms. The number of nitrogens with one attached hydrogen (secondary N) is 1. The largest absolute Gasteiger partial charge is 0.496 e. The van der Waals surface area contributed by atoms with Crippen LogP contribution in [0.2, 0.25) is 0 Å². The van der Waals surface area contributed by atoms with Crippen molar-refractivity contribution in [1.82, 2.24) is 5.32 Å². The first kappa shape index (κ1) is 13.5. The number of nitrogens with two attached hydrogens (primary N) is 1. The predicted molar refractivity (Wildman–Crippen MR) is 67.9 cm³/mol. The van der Waals surface area contributed by atoms with E-state index in [1.165, 1.54) is 0 Å². The molecule has 0 aliphatic heterocycles. The van der Waals surface area contributed by atoms with E-state index in [-0.39, 0.29) is 11.8 Å². The smallest absolute Gasteiger partial charge is 0.224 e. The number of hydrogen-bond acceptors (Lipinski definition) is 3. The van der Waals surface area contributed by atoms with Gasteiger partial charge in [0.05, 0.1) is 7.11 Å². The minimum Gasteiger partial charge on any atom is -0.496 e. The number of methoxy groups -OCH3 is 1. The maximum atomic E-state index is 11.5. The van der Waals surface area contributed by atoms with E-state index in [2.05, 4.69) is 5.32 Å². The van der Waals surface area contributed by atoms with Crippen molar-refractivity contribution in [2.75, 3.05) is 20.2 Å². The van der Waals surface area contributed by atoms with E-state index in [0.29, 0.717) is 13.1 Å². The number of hydrogen-bond donors (Lipinski definition) is 2. The molecule has 1 rings (SSSR count). The van der Waals surface area contributed by atoms with Crippen molar-refractivity contribution in [2.24, 2.45) is 11.7 Å². The maximum Gasteiger partial charge on any atom is 0.224 e. The molecule has 0 radical (unpaired) electrons. The van der Waals surface area contributed by atoms with Crippen molar-refractivity contribution >= 4 is 5.91 Å². The second-order valence-corrected chi connectivity index (χ2v) is 3.99. The molecule has 0 spiro atoms. The molecule has 3 N–H and O–H groups in total.